The summed E-state index contributed by atoms with van der Waals surface area (Å²) < 4.78 is 5.71. The van der Waals surface area contributed by atoms with E-state index in [-0.39, 0.29) is 11.8 Å². The fourth-order valence-corrected chi connectivity index (χ4v) is 4.90. The van der Waals surface area contributed by atoms with Crippen LogP contribution in [0.1, 0.15) is 18.4 Å². The first-order valence-electron chi connectivity index (χ1n) is 11.6. The molecule has 4 aromatic rings. The summed E-state index contributed by atoms with van der Waals surface area (Å²) in [6, 6.07) is 22.9. The van der Waals surface area contributed by atoms with Crippen LogP contribution in [-0.2, 0) is 11.2 Å². The summed E-state index contributed by atoms with van der Waals surface area (Å²) in [5.41, 5.74) is 5.60. The Bertz CT molecular complexity index is 1310. The number of anilines is 2. The molecule has 0 saturated carbocycles. The first-order valence-corrected chi connectivity index (χ1v) is 11.6. The third-order valence-corrected chi connectivity index (χ3v) is 6.82. The van der Waals surface area contributed by atoms with E-state index in [1.54, 1.807) is 0 Å². The zero-order valence-corrected chi connectivity index (χ0v) is 18.4. The van der Waals surface area contributed by atoms with Crippen LogP contribution in [0.5, 0.6) is 5.75 Å². The molecule has 0 unspecified atom stereocenters. The van der Waals surface area contributed by atoms with Crippen LogP contribution in [0.2, 0.25) is 0 Å². The highest BCUT2D eigenvalue weighted by atomic mass is 16.5. The first kappa shape index (κ1) is 19.9. The molecule has 0 radical (unpaired) electrons. The van der Waals surface area contributed by atoms with Crippen molar-refractivity contribution in [2.45, 2.75) is 19.3 Å². The van der Waals surface area contributed by atoms with Gasteiger partial charge in [0.1, 0.15) is 5.75 Å². The molecule has 0 aliphatic carbocycles. The van der Waals surface area contributed by atoms with E-state index >= 15 is 0 Å². The second-order valence-electron chi connectivity index (χ2n) is 8.84. The van der Waals surface area contributed by atoms with E-state index in [1.807, 2.05) is 12.1 Å². The molecule has 6 rings (SSSR count). The van der Waals surface area contributed by atoms with Crippen molar-refractivity contribution in [1.82, 2.24) is 10.2 Å². The van der Waals surface area contributed by atoms with Gasteiger partial charge in [0.15, 0.2) is 5.82 Å². The number of rotatable bonds is 4. The fourth-order valence-electron chi connectivity index (χ4n) is 4.90. The minimum Gasteiger partial charge on any atom is -0.493 e. The Morgan fingerprint density at radius 2 is 1.79 bits per heavy atom. The number of hydrogen-bond acceptors (Lipinski definition) is 4. The smallest absolute Gasteiger partial charge is 0.228 e. The van der Waals surface area contributed by atoms with Gasteiger partial charge in [0, 0.05) is 36.5 Å². The third kappa shape index (κ3) is 3.82. The average molecular weight is 439 g/mol. The number of ether oxygens (including phenoxy) is 1. The minimum absolute atomic E-state index is 0.00222. The van der Waals surface area contributed by atoms with Gasteiger partial charge in [-0.15, -0.1) is 0 Å². The van der Waals surface area contributed by atoms with Crippen LogP contribution >= 0.6 is 0 Å². The number of amides is 1. The molecule has 3 aromatic carbocycles. The van der Waals surface area contributed by atoms with E-state index in [0.717, 1.165) is 66.7 Å². The van der Waals surface area contributed by atoms with Crippen LogP contribution in [0.25, 0.3) is 22.0 Å². The zero-order valence-electron chi connectivity index (χ0n) is 18.4. The van der Waals surface area contributed by atoms with E-state index in [9.17, 15) is 4.79 Å². The second kappa shape index (κ2) is 8.28. The Morgan fingerprint density at radius 3 is 2.64 bits per heavy atom. The van der Waals surface area contributed by atoms with Crippen molar-refractivity contribution in [3.63, 3.8) is 0 Å². The topological polar surface area (TPSA) is 70.2 Å². The Labute approximate surface area is 192 Å². The molecule has 6 heteroatoms. The number of fused-ring (bicyclic) bond motifs is 2. The molecule has 1 fully saturated rings. The normalized spacial score (nSPS) is 15.9. The van der Waals surface area contributed by atoms with Gasteiger partial charge in [0.2, 0.25) is 5.91 Å². The number of aromatic nitrogens is 2. The highest BCUT2D eigenvalue weighted by Gasteiger charge is 2.26. The lowest BCUT2D eigenvalue weighted by molar-refractivity contribution is -0.120. The number of piperidine rings is 1. The Kier molecular flexibility index (Phi) is 4.98. The zero-order chi connectivity index (χ0) is 22.2. The van der Waals surface area contributed by atoms with Gasteiger partial charge in [-0.3, -0.25) is 9.89 Å². The van der Waals surface area contributed by atoms with Crippen molar-refractivity contribution in [3.8, 4) is 16.9 Å². The lowest BCUT2D eigenvalue weighted by atomic mass is 9.95. The number of aromatic amines is 1. The monoisotopic (exact) mass is 438 g/mol. The van der Waals surface area contributed by atoms with Crippen molar-refractivity contribution in [2.24, 2.45) is 5.92 Å². The van der Waals surface area contributed by atoms with Crippen LogP contribution in [-0.4, -0.2) is 35.8 Å². The molecule has 0 bridgehead atoms. The van der Waals surface area contributed by atoms with Gasteiger partial charge in [-0.1, -0.05) is 36.4 Å². The number of H-pyrrole nitrogens is 1. The Balaban J connectivity index is 1.14. The van der Waals surface area contributed by atoms with Crippen LogP contribution in [0, 0.1) is 5.92 Å². The number of nitrogens with one attached hydrogen (secondary N) is 2. The molecule has 2 N–H and O–H groups in total. The number of benzene rings is 3. The van der Waals surface area contributed by atoms with Gasteiger partial charge in [-0.05, 0) is 59.9 Å². The van der Waals surface area contributed by atoms with Gasteiger partial charge in [0.05, 0.1) is 12.1 Å². The minimum atomic E-state index is 0.00222. The predicted molar refractivity (Wildman–Crippen MR) is 131 cm³/mol. The average Bonchev–Trinajstić information content (AvgIpc) is 3.51. The largest absolute Gasteiger partial charge is 0.493 e. The van der Waals surface area contributed by atoms with Crippen molar-refractivity contribution in [3.05, 3.63) is 72.3 Å². The van der Waals surface area contributed by atoms with Gasteiger partial charge < -0.3 is 15.0 Å². The van der Waals surface area contributed by atoms with E-state index < -0.39 is 0 Å². The van der Waals surface area contributed by atoms with Crippen LogP contribution in [0.4, 0.5) is 11.5 Å². The van der Waals surface area contributed by atoms with Crippen molar-refractivity contribution < 1.29 is 9.53 Å². The van der Waals surface area contributed by atoms with E-state index in [4.69, 9.17) is 4.74 Å². The number of hydrogen-bond donors (Lipinski definition) is 2. The van der Waals surface area contributed by atoms with Crippen molar-refractivity contribution in [2.75, 3.05) is 29.9 Å². The van der Waals surface area contributed by atoms with Crippen LogP contribution in [0.3, 0.4) is 0 Å². The molecule has 1 saturated heterocycles. The van der Waals surface area contributed by atoms with Gasteiger partial charge in [-0.2, -0.15) is 5.10 Å². The predicted octanol–water partition coefficient (Wildman–Crippen LogP) is 5.02. The maximum Gasteiger partial charge on any atom is 0.228 e. The summed E-state index contributed by atoms with van der Waals surface area (Å²) in [7, 11) is 0. The number of carbonyl (C=O) groups is 1. The van der Waals surface area contributed by atoms with Gasteiger partial charge >= 0.3 is 0 Å². The second-order valence-corrected chi connectivity index (χ2v) is 8.84. The quantitative estimate of drug-likeness (QED) is 0.469. The fraction of sp³-hybridized carbons (Fsp3) is 0.259. The summed E-state index contributed by atoms with van der Waals surface area (Å²) in [5, 5.41) is 11.5. The van der Waals surface area contributed by atoms with E-state index in [2.05, 4.69) is 75.0 Å². The molecule has 1 aromatic heterocycles. The standard InChI is InChI=1S/C27H26N4O2/c32-27(19-10-13-31(14-11-19)22-4-2-1-3-5-22)28-26-23-9-8-20(16-24(23)29-30-26)21-7-6-18-12-15-33-25(18)17-21/h1-9,16-17,19H,10-15H2,(H2,28,29,30,32). The summed E-state index contributed by atoms with van der Waals surface area (Å²) in [5.74, 6) is 1.63. The van der Waals surface area contributed by atoms with Gasteiger partial charge in [0.25, 0.3) is 0 Å². The molecular formula is C27H26N4O2. The lowest BCUT2D eigenvalue weighted by Gasteiger charge is -2.32. The molecule has 33 heavy (non-hydrogen) atoms. The SMILES string of the molecule is O=C(Nc1n[nH]c2cc(-c3ccc4c(c3)OCC4)ccc12)C1CCN(c2ccccc2)CC1. The number of para-hydroxylation sites is 1. The number of carbonyl (C=O) groups excluding carboxylic acids is 1. The summed E-state index contributed by atoms with van der Waals surface area (Å²) >= 11 is 0. The van der Waals surface area contributed by atoms with E-state index in [0.29, 0.717) is 5.82 Å². The van der Waals surface area contributed by atoms with Gasteiger partial charge in [-0.25, -0.2) is 0 Å². The molecule has 2 aliphatic rings. The van der Waals surface area contributed by atoms with E-state index in [1.165, 1.54) is 11.3 Å². The Hall–Kier alpha value is -3.80. The summed E-state index contributed by atoms with van der Waals surface area (Å²) in [6.07, 6.45) is 2.66. The van der Waals surface area contributed by atoms with Crippen LogP contribution < -0.4 is 15.0 Å². The first-order chi connectivity index (χ1) is 16.2. The molecule has 166 valence electrons. The highest BCUT2D eigenvalue weighted by Crippen LogP contribution is 2.33. The Morgan fingerprint density at radius 1 is 1.00 bits per heavy atom. The van der Waals surface area contributed by atoms with Crippen LogP contribution in [0.15, 0.2) is 66.7 Å². The summed E-state index contributed by atoms with van der Waals surface area (Å²) in [4.78, 5) is 15.3. The molecule has 0 atom stereocenters. The van der Waals surface area contributed by atoms with Crippen molar-refractivity contribution >= 4 is 28.3 Å². The maximum atomic E-state index is 13.0. The number of nitrogens with zero attached hydrogens (tertiary/aromatic N) is 2. The lowest BCUT2D eigenvalue weighted by Crippen LogP contribution is -2.38. The third-order valence-electron chi connectivity index (χ3n) is 6.82. The molecule has 0 spiro atoms. The van der Waals surface area contributed by atoms with Crippen molar-refractivity contribution in [1.29, 1.82) is 0 Å². The maximum absolute atomic E-state index is 13.0. The molecule has 3 heterocycles. The molecule has 1 amide bonds. The molecule has 6 nitrogen and oxygen atoms in total. The summed E-state index contributed by atoms with van der Waals surface area (Å²) in [6.45, 7) is 2.53. The molecular weight excluding hydrogens is 412 g/mol. The highest BCUT2D eigenvalue weighted by molar-refractivity contribution is 6.01. The molecule has 2 aliphatic heterocycles.